The minimum Gasteiger partial charge on any atom is -0.444 e. The smallest absolute Gasteiger partial charge is 0.230 e. The van der Waals surface area contributed by atoms with Crippen LogP contribution in [0.4, 0.5) is 5.69 Å². The van der Waals surface area contributed by atoms with E-state index in [9.17, 15) is 4.79 Å². The van der Waals surface area contributed by atoms with Gasteiger partial charge >= 0.3 is 0 Å². The molecule has 1 aromatic carbocycles. The summed E-state index contributed by atoms with van der Waals surface area (Å²) in [4.78, 5) is 21.6. The second-order valence-corrected chi connectivity index (χ2v) is 8.54. The van der Waals surface area contributed by atoms with Crippen LogP contribution >= 0.6 is 0 Å². The van der Waals surface area contributed by atoms with Crippen LogP contribution in [0.5, 0.6) is 0 Å². The average Bonchev–Trinajstić information content (AvgIpc) is 2.98. The van der Waals surface area contributed by atoms with E-state index in [-0.39, 0.29) is 11.3 Å². The van der Waals surface area contributed by atoms with Crippen molar-refractivity contribution < 1.29 is 9.21 Å². The molecule has 1 saturated heterocycles. The van der Waals surface area contributed by atoms with Crippen LogP contribution in [-0.4, -0.2) is 42.0 Å². The van der Waals surface area contributed by atoms with Crippen molar-refractivity contribution >= 4 is 11.6 Å². The number of carbonyl (C=O) groups is 1. The summed E-state index contributed by atoms with van der Waals surface area (Å²) in [6, 6.07) is 6.42. The topological polar surface area (TPSA) is 49.6 Å². The van der Waals surface area contributed by atoms with E-state index >= 15 is 0 Å². The molecule has 5 nitrogen and oxygen atoms in total. The molecule has 1 fully saturated rings. The summed E-state index contributed by atoms with van der Waals surface area (Å²) in [6.45, 7) is 15.6. The van der Waals surface area contributed by atoms with Crippen molar-refractivity contribution in [3.63, 3.8) is 0 Å². The fourth-order valence-corrected chi connectivity index (χ4v) is 3.44. The molecule has 146 valence electrons. The summed E-state index contributed by atoms with van der Waals surface area (Å²) in [5.41, 5.74) is 4.58. The number of rotatable bonds is 3. The van der Waals surface area contributed by atoms with E-state index in [0.29, 0.717) is 18.1 Å². The molecule has 0 aliphatic carbocycles. The third-order valence-electron chi connectivity index (χ3n) is 5.40. The van der Waals surface area contributed by atoms with Crippen molar-refractivity contribution in [3.05, 3.63) is 46.7 Å². The van der Waals surface area contributed by atoms with Gasteiger partial charge in [0.15, 0.2) is 5.89 Å². The lowest BCUT2D eigenvalue weighted by Gasteiger charge is -2.37. The lowest BCUT2D eigenvalue weighted by molar-refractivity contribution is -0.131. The predicted octanol–water partition coefficient (Wildman–Crippen LogP) is 3.79. The highest BCUT2D eigenvalue weighted by Gasteiger charge is 2.26. The Morgan fingerprint density at radius 1 is 1.11 bits per heavy atom. The molecule has 1 aromatic heterocycles. The fraction of sp³-hybridized carbons (Fsp3) is 0.545. The van der Waals surface area contributed by atoms with Crippen LogP contribution in [0.25, 0.3) is 0 Å². The molecule has 0 atom stereocenters. The van der Waals surface area contributed by atoms with Crippen LogP contribution in [0.2, 0.25) is 0 Å². The van der Waals surface area contributed by atoms with Gasteiger partial charge in [0.2, 0.25) is 5.91 Å². The van der Waals surface area contributed by atoms with Gasteiger partial charge in [0, 0.05) is 37.3 Å². The molecule has 2 aromatic rings. The summed E-state index contributed by atoms with van der Waals surface area (Å²) in [6.07, 6.45) is 0.290. The van der Waals surface area contributed by atoms with Gasteiger partial charge < -0.3 is 14.2 Å². The Labute approximate surface area is 162 Å². The zero-order chi connectivity index (χ0) is 19.8. The van der Waals surface area contributed by atoms with Crippen molar-refractivity contribution in [2.45, 2.75) is 53.4 Å². The van der Waals surface area contributed by atoms with Crippen LogP contribution in [0, 0.1) is 20.8 Å². The average molecular weight is 370 g/mol. The molecule has 0 N–H and O–H groups in total. The van der Waals surface area contributed by atoms with E-state index in [2.05, 4.69) is 62.7 Å². The number of hydrogen-bond donors (Lipinski definition) is 0. The summed E-state index contributed by atoms with van der Waals surface area (Å²) >= 11 is 0. The molecule has 3 rings (SSSR count). The van der Waals surface area contributed by atoms with Gasteiger partial charge in [0.1, 0.15) is 5.76 Å². The zero-order valence-electron chi connectivity index (χ0n) is 17.4. The molecule has 27 heavy (non-hydrogen) atoms. The first kappa shape index (κ1) is 19.5. The maximum absolute atomic E-state index is 12.8. The highest BCUT2D eigenvalue weighted by atomic mass is 16.4. The molecule has 1 amide bonds. The summed E-state index contributed by atoms with van der Waals surface area (Å²) in [5.74, 6) is 1.51. The second-order valence-electron chi connectivity index (χ2n) is 8.54. The minimum atomic E-state index is -0.149. The maximum Gasteiger partial charge on any atom is 0.230 e. The third kappa shape index (κ3) is 4.18. The van der Waals surface area contributed by atoms with E-state index in [4.69, 9.17) is 4.42 Å². The quantitative estimate of drug-likeness (QED) is 0.826. The monoisotopic (exact) mass is 369 g/mol. The number of nitrogens with zero attached hydrogens (tertiary/aromatic N) is 3. The number of piperazine rings is 1. The van der Waals surface area contributed by atoms with E-state index in [1.165, 1.54) is 16.8 Å². The van der Waals surface area contributed by atoms with Gasteiger partial charge in [-0.1, -0.05) is 32.9 Å². The van der Waals surface area contributed by atoms with Crippen molar-refractivity contribution in [2.24, 2.45) is 0 Å². The van der Waals surface area contributed by atoms with Gasteiger partial charge in [-0.15, -0.1) is 0 Å². The van der Waals surface area contributed by atoms with Crippen LogP contribution in [0.1, 0.15) is 49.2 Å². The highest BCUT2D eigenvalue weighted by Crippen LogP contribution is 2.26. The number of amides is 1. The first-order valence-electron chi connectivity index (χ1n) is 9.72. The first-order valence-corrected chi connectivity index (χ1v) is 9.72. The molecule has 0 bridgehead atoms. The van der Waals surface area contributed by atoms with Crippen LogP contribution in [0.3, 0.4) is 0 Å². The number of carbonyl (C=O) groups excluding carboxylic acids is 1. The van der Waals surface area contributed by atoms with Crippen LogP contribution in [0.15, 0.2) is 22.6 Å². The molecule has 0 unspecified atom stereocenters. The molecule has 0 saturated carbocycles. The highest BCUT2D eigenvalue weighted by molar-refractivity contribution is 5.78. The predicted molar refractivity (Wildman–Crippen MR) is 108 cm³/mol. The summed E-state index contributed by atoms with van der Waals surface area (Å²) in [7, 11) is 0. The lowest BCUT2D eigenvalue weighted by atomic mass is 9.97. The van der Waals surface area contributed by atoms with Gasteiger partial charge in [-0.2, -0.15) is 0 Å². The summed E-state index contributed by atoms with van der Waals surface area (Å²) < 4.78 is 5.89. The Kier molecular flexibility index (Phi) is 5.31. The van der Waals surface area contributed by atoms with E-state index in [1.54, 1.807) is 0 Å². The number of oxazole rings is 1. The van der Waals surface area contributed by atoms with Crippen LogP contribution < -0.4 is 4.90 Å². The number of benzene rings is 1. The first-order chi connectivity index (χ1) is 12.7. The molecular weight excluding hydrogens is 338 g/mol. The van der Waals surface area contributed by atoms with Crippen molar-refractivity contribution in [1.29, 1.82) is 0 Å². The number of hydrogen-bond acceptors (Lipinski definition) is 4. The third-order valence-corrected chi connectivity index (χ3v) is 5.40. The molecular formula is C22H31N3O2. The fourth-order valence-electron chi connectivity index (χ4n) is 3.44. The van der Waals surface area contributed by atoms with Gasteiger partial charge in [0.05, 0.1) is 12.1 Å². The maximum atomic E-state index is 12.8. The number of aryl methyl sites for hydroxylation is 2. The molecule has 1 aliphatic rings. The van der Waals surface area contributed by atoms with E-state index in [0.717, 1.165) is 31.9 Å². The molecule has 5 heteroatoms. The SMILES string of the molecule is Cc1cccc(N2CCN(C(=O)Cc3oc(C(C)(C)C)nc3C)CC2)c1C. The Bertz CT molecular complexity index is 825. The molecule has 1 aliphatic heterocycles. The molecule has 0 radical (unpaired) electrons. The number of aromatic nitrogens is 1. The Morgan fingerprint density at radius 2 is 1.78 bits per heavy atom. The van der Waals surface area contributed by atoms with Gasteiger partial charge in [0.25, 0.3) is 0 Å². The van der Waals surface area contributed by atoms with Gasteiger partial charge in [-0.3, -0.25) is 4.79 Å². The van der Waals surface area contributed by atoms with Crippen molar-refractivity contribution in [3.8, 4) is 0 Å². The zero-order valence-corrected chi connectivity index (χ0v) is 17.4. The molecule has 2 heterocycles. The summed E-state index contributed by atoms with van der Waals surface area (Å²) in [5, 5.41) is 0. The lowest BCUT2D eigenvalue weighted by Crippen LogP contribution is -2.49. The van der Waals surface area contributed by atoms with E-state index < -0.39 is 0 Å². The van der Waals surface area contributed by atoms with Crippen LogP contribution in [-0.2, 0) is 16.6 Å². The Balaban J connectivity index is 1.62. The van der Waals surface area contributed by atoms with Gasteiger partial charge in [-0.25, -0.2) is 4.98 Å². The molecule has 0 spiro atoms. The van der Waals surface area contributed by atoms with Crippen molar-refractivity contribution in [1.82, 2.24) is 9.88 Å². The minimum absolute atomic E-state index is 0.121. The standard InChI is InChI=1S/C22H31N3O2/c1-15-8-7-9-18(16(15)2)24-10-12-25(13-11-24)20(26)14-19-17(3)23-21(27-19)22(4,5)6/h7-9H,10-14H2,1-6H3. The largest absolute Gasteiger partial charge is 0.444 e. The van der Waals surface area contributed by atoms with Crippen molar-refractivity contribution in [2.75, 3.05) is 31.1 Å². The van der Waals surface area contributed by atoms with Gasteiger partial charge in [-0.05, 0) is 38.0 Å². The number of anilines is 1. The Morgan fingerprint density at radius 3 is 2.37 bits per heavy atom. The second kappa shape index (κ2) is 7.37. The normalized spacial score (nSPS) is 15.3. The van der Waals surface area contributed by atoms with E-state index in [1.807, 2.05) is 11.8 Å². The Hall–Kier alpha value is -2.30.